The third-order valence-corrected chi connectivity index (χ3v) is 2.62. The molecule has 0 unspecified atom stereocenters. The summed E-state index contributed by atoms with van der Waals surface area (Å²) in [6, 6.07) is 0. The summed E-state index contributed by atoms with van der Waals surface area (Å²) in [5.74, 6) is -1.18. The lowest BCUT2D eigenvalue weighted by molar-refractivity contribution is -0.157. The minimum Gasteiger partial charge on any atom is -0.480 e. The number of ether oxygens (including phenoxy) is 1. The van der Waals surface area contributed by atoms with Gasteiger partial charge in [-0.15, -0.1) is 0 Å². The van der Waals surface area contributed by atoms with Gasteiger partial charge in [-0.3, -0.25) is 4.79 Å². The predicted molar refractivity (Wildman–Crippen MR) is 64.8 cm³/mol. The van der Waals surface area contributed by atoms with Gasteiger partial charge in [0.2, 0.25) is 5.91 Å². The Morgan fingerprint density at radius 1 is 1.24 bits per heavy atom. The van der Waals surface area contributed by atoms with Gasteiger partial charge < -0.3 is 14.7 Å². The maximum atomic E-state index is 11.9. The molecule has 1 amide bonds. The molecule has 17 heavy (non-hydrogen) atoms. The van der Waals surface area contributed by atoms with Crippen LogP contribution in [0.3, 0.4) is 0 Å². The van der Waals surface area contributed by atoms with Gasteiger partial charge in [0, 0.05) is 13.2 Å². The normalized spacial score (nSPS) is 11.3. The first-order valence-electron chi connectivity index (χ1n) is 5.99. The lowest BCUT2D eigenvalue weighted by atomic mass is 10.0. The van der Waals surface area contributed by atoms with Gasteiger partial charge in [-0.25, -0.2) is 4.79 Å². The van der Waals surface area contributed by atoms with Crippen molar-refractivity contribution >= 4 is 11.9 Å². The van der Waals surface area contributed by atoms with Crippen LogP contribution in [-0.2, 0) is 14.3 Å². The molecule has 0 heterocycles. The summed E-state index contributed by atoms with van der Waals surface area (Å²) in [7, 11) is 0. The molecule has 0 aromatic carbocycles. The second-order valence-corrected chi connectivity index (χ2v) is 4.36. The largest absolute Gasteiger partial charge is 0.480 e. The van der Waals surface area contributed by atoms with Crippen molar-refractivity contribution < 1.29 is 19.4 Å². The van der Waals surface area contributed by atoms with Crippen LogP contribution in [0.1, 0.15) is 40.5 Å². The van der Waals surface area contributed by atoms with E-state index >= 15 is 0 Å². The minimum absolute atomic E-state index is 0.184. The van der Waals surface area contributed by atoms with Crippen molar-refractivity contribution in [2.75, 3.05) is 19.8 Å². The summed E-state index contributed by atoms with van der Waals surface area (Å²) in [6.07, 6.45) is 1.14. The van der Waals surface area contributed by atoms with E-state index < -0.39 is 11.5 Å². The summed E-state index contributed by atoms with van der Waals surface area (Å²) in [5.41, 5.74) is -1.17. The van der Waals surface area contributed by atoms with Crippen LogP contribution in [0.25, 0.3) is 0 Å². The fourth-order valence-electron chi connectivity index (χ4n) is 1.54. The Balaban J connectivity index is 4.36. The number of carbonyl (C=O) groups is 2. The van der Waals surface area contributed by atoms with Crippen LogP contribution >= 0.6 is 0 Å². The Kier molecular flexibility index (Phi) is 6.80. The van der Waals surface area contributed by atoms with E-state index in [0.29, 0.717) is 19.8 Å². The first-order chi connectivity index (χ1) is 7.87. The number of rotatable bonds is 8. The number of carboxylic acid groups (broad SMARTS) is 1. The third kappa shape index (κ3) is 4.73. The number of hydrogen-bond acceptors (Lipinski definition) is 3. The molecule has 0 aliphatic carbocycles. The van der Waals surface area contributed by atoms with Crippen LogP contribution in [0, 0.1) is 0 Å². The van der Waals surface area contributed by atoms with E-state index in [9.17, 15) is 9.59 Å². The van der Waals surface area contributed by atoms with E-state index in [4.69, 9.17) is 9.84 Å². The fraction of sp³-hybridized carbons (Fsp3) is 0.833. The highest BCUT2D eigenvalue weighted by Crippen LogP contribution is 2.15. The molecule has 0 saturated carbocycles. The Morgan fingerprint density at radius 2 is 1.82 bits per heavy atom. The second-order valence-electron chi connectivity index (χ2n) is 4.36. The topological polar surface area (TPSA) is 66.8 Å². The summed E-state index contributed by atoms with van der Waals surface area (Å²) < 4.78 is 5.23. The molecule has 0 aliphatic heterocycles. The Morgan fingerprint density at radius 3 is 2.24 bits per heavy atom. The van der Waals surface area contributed by atoms with E-state index in [2.05, 4.69) is 0 Å². The van der Waals surface area contributed by atoms with E-state index in [1.807, 2.05) is 6.92 Å². The summed E-state index contributed by atoms with van der Waals surface area (Å²) in [5, 5.41) is 9.08. The quantitative estimate of drug-likeness (QED) is 0.658. The molecular weight excluding hydrogens is 222 g/mol. The molecule has 0 saturated heterocycles. The van der Waals surface area contributed by atoms with Crippen molar-refractivity contribution in [3.63, 3.8) is 0 Å². The molecule has 0 aromatic heterocycles. The van der Waals surface area contributed by atoms with E-state index in [-0.39, 0.29) is 12.3 Å². The maximum Gasteiger partial charge on any atom is 0.329 e. The molecular formula is C12H23NO4. The number of aliphatic carboxylic acids is 1. The molecule has 0 bridgehead atoms. The molecule has 0 rings (SSSR count). The molecule has 0 aromatic rings. The zero-order valence-corrected chi connectivity index (χ0v) is 11.2. The number of likely N-dealkylation sites (N-methyl/N-ethyl adjacent to an activating group) is 1. The number of carboxylic acids is 1. The first kappa shape index (κ1) is 15.9. The zero-order valence-electron chi connectivity index (χ0n) is 11.2. The van der Waals surface area contributed by atoms with Gasteiger partial charge in [0.25, 0.3) is 0 Å². The van der Waals surface area contributed by atoms with Crippen LogP contribution in [0.4, 0.5) is 0 Å². The SMILES string of the molecule is CCCOCCC(=O)N(CC)C(C)(C)C(=O)O. The molecule has 0 atom stereocenters. The number of nitrogens with zero attached hydrogens (tertiary/aromatic N) is 1. The Labute approximate surface area is 103 Å². The van der Waals surface area contributed by atoms with Crippen LogP contribution in [0.2, 0.25) is 0 Å². The molecule has 0 aliphatic rings. The zero-order chi connectivity index (χ0) is 13.5. The Bertz CT molecular complexity index is 263. The van der Waals surface area contributed by atoms with E-state index in [1.165, 1.54) is 18.7 Å². The molecule has 5 nitrogen and oxygen atoms in total. The second kappa shape index (κ2) is 7.27. The average Bonchev–Trinajstić information content (AvgIpc) is 2.24. The van der Waals surface area contributed by atoms with Gasteiger partial charge >= 0.3 is 5.97 Å². The Hall–Kier alpha value is -1.10. The first-order valence-corrected chi connectivity index (χ1v) is 5.99. The van der Waals surface area contributed by atoms with Gasteiger partial charge in [-0.1, -0.05) is 6.92 Å². The average molecular weight is 245 g/mol. The van der Waals surface area contributed by atoms with E-state index in [1.54, 1.807) is 6.92 Å². The molecule has 0 fully saturated rings. The van der Waals surface area contributed by atoms with Crippen molar-refractivity contribution in [3.05, 3.63) is 0 Å². The van der Waals surface area contributed by atoms with Crippen molar-refractivity contribution in [1.82, 2.24) is 4.90 Å². The van der Waals surface area contributed by atoms with Gasteiger partial charge in [0.05, 0.1) is 13.0 Å². The summed E-state index contributed by atoms with van der Waals surface area (Å²) in [4.78, 5) is 24.3. The minimum atomic E-state index is -1.17. The van der Waals surface area contributed by atoms with Gasteiger partial charge in [-0.2, -0.15) is 0 Å². The van der Waals surface area contributed by atoms with Crippen LogP contribution < -0.4 is 0 Å². The van der Waals surface area contributed by atoms with Crippen molar-refractivity contribution in [2.24, 2.45) is 0 Å². The third-order valence-electron chi connectivity index (χ3n) is 2.62. The highest BCUT2D eigenvalue weighted by molar-refractivity contribution is 5.86. The highest BCUT2D eigenvalue weighted by atomic mass is 16.5. The summed E-state index contributed by atoms with van der Waals surface area (Å²) >= 11 is 0. The van der Waals surface area contributed by atoms with Crippen LogP contribution in [0.15, 0.2) is 0 Å². The monoisotopic (exact) mass is 245 g/mol. The van der Waals surface area contributed by atoms with Gasteiger partial charge in [0.1, 0.15) is 5.54 Å². The van der Waals surface area contributed by atoms with Crippen LogP contribution in [0.5, 0.6) is 0 Å². The standard InChI is InChI=1S/C12H23NO4/c1-5-8-17-9-7-10(14)13(6-2)12(3,4)11(15)16/h5-9H2,1-4H3,(H,15,16). The number of amides is 1. The molecule has 5 heteroatoms. The van der Waals surface area contributed by atoms with Crippen molar-refractivity contribution in [2.45, 2.75) is 46.1 Å². The predicted octanol–water partition coefficient (Wildman–Crippen LogP) is 1.51. The lowest BCUT2D eigenvalue weighted by Gasteiger charge is -2.34. The highest BCUT2D eigenvalue weighted by Gasteiger charge is 2.36. The smallest absolute Gasteiger partial charge is 0.329 e. The van der Waals surface area contributed by atoms with Crippen LogP contribution in [-0.4, -0.2) is 47.2 Å². The maximum absolute atomic E-state index is 11.9. The van der Waals surface area contributed by atoms with E-state index in [0.717, 1.165) is 6.42 Å². The summed E-state index contributed by atoms with van der Waals surface area (Å²) in [6.45, 7) is 8.18. The molecule has 0 spiro atoms. The lowest BCUT2D eigenvalue weighted by Crippen LogP contribution is -2.53. The molecule has 0 radical (unpaired) electrons. The van der Waals surface area contributed by atoms with Gasteiger partial charge in [-0.05, 0) is 27.2 Å². The fourth-order valence-corrected chi connectivity index (χ4v) is 1.54. The number of carbonyl (C=O) groups excluding carboxylic acids is 1. The molecule has 1 N–H and O–H groups in total. The van der Waals surface area contributed by atoms with Gasteiger partial charge in [0.15, 0.2) is 0 Å². The van der Waals surface area contributed by atoms with Crippen molar-refractivity contribution in [1.29, 1.82) is 0 Å². The van der Waals surface area contributed by atoms with Crippen molar-refractivity contribution in [3.8, 4) is 0 Å². The number of hydrogen-bond donors (Lipinski definition) is 1. The molecule has 100 valence electrons.